The molecular weight excluding hydrogens is 296 g/mol. The monoisotopic (exact) mass is 314 g/mol. The maximum absolute atomic E-state index is 11.4. The summed E-state index contributed by atoms with van der Waals surface area (Å²) in [6, 6.07) is 14.4. The van der Waals surface area contributed by atoms with E-state index in [1.165, 1.54) is 6.07 Å². The molecule has 0 radical (unpaired) electrons. The first-order valence-electron chi connectivity index (χ1n) is 7.31. The molecule has 0 amide bonds. The van der Waals surface area contributed by atoms with Gasteiger partial charge < -0.3 is 14.9 Å². The van der Waals surface area contributed by atoms with Crippen LogP contribution in [0, 0.1) is 0 Å². The van der Waals surface area contributed by atoms with Crippen molar-refractivity contribution in [2.75, 3.05) is 0 Å². The Bertz CT molecular complexity index is 679. The number of carboxylic acids is 2. The fourth-order valence-corrected chi connectivity index (χ4v) is 2.31. The fraction of sp³-hybridized carbons (Fsp3) is 0.222. The number of aromatic carboxylic acids is 1. The van der Waals surface area contributed by atoms with E-state index < -0.39 is 11.9 Å². The van der Waals surface area contributed by atoms with Crippen LogP contribution in [0.5, 0.6) is 5.75 Å². The number of carbonyl (C=O) groups is 2. The van der Waals surface area contributed by atoms with Gasteiger partial charge in [-0.25, -0.2) is 4.79 Å². The van der Waals surface area contributed by atoms with Crippen molar-refractivity contribution in [3.8, 4) is 5.75 Å². The molecule has 0 bridgehead atoms. The van der Waals surface area contributed by atoms with Crippen molar-refractivity contribution < 1.29 is 24.5 Å². The molecule has 0 aliphatic rings. The Labute approximate surface area is 134 Å². The van der Waals surface area contributed by atoms with Crippen LogP contribution in [0.1, 0.15) is 34.3 Å². The molecule has 2 aromatic carbocycles. The number of hydrogen-bond acceptors (Lipinski definition) is 3. The molecule has 0 aliphatic heterocycles. The van der Waals surface area contributed by atoms with E-state index in [2.05, 4.69) is 0 Å². The zero-order chi connectivity index (χ0) is 16.7. The molecule has 0 fully saturated rings. The van der Waals surface area contributed by atoms with Crippen LogP contribution in [-0.2, 0) is 17.8 Å². The summed E-state index contributed by atoms with van der Waals surface area (Å²) < 4.78 is 5.76. The largest absolute Gasteiger partial charge is 0.489 e. The summed E-state index contributed by atoms with van der Waals surface area (Å²) in [6.45, 7) is 0.329. The molecule has 0 saturated heterocycles. The predicted octanol–water partition coefficient (Wildman–Crippen LogP) is 3.37. The van der Waals surface area contributed by atoms with Crippen molar-refractivity contribution in [2.45, 2.75) is 25.9 Å². The Hall–Kier alpha value is -2.82. The average Bonchev–Trinajstić information content (AvgIpc) is 2.54. The van der Waals surface area contributed by atoms with Crippen molar-refractivity contribution in [2.24, 2.45) is 0 Å². The van der Waals surface area contributed by atoms with Crippen molar-refractivity contribution in [1.82, 2.24) is 0 Å². The van der Waals surface area contributed by atoms with E-state index in [1.807, 2.05) is 30.3 Å². The van der Waals surface area contributed by atoms with Crippen molar-refractivity contribution >= 4 is 11.9 Å². The van der Waals surface area contributed by atoms with E-state index in [-0.39, 0.29) is 12.0 Å². The molecule has 5 heteroatoms. The number of rotatable bonds is 8. The van der Waals surface area contributed by atoms with Gasteiger partial charge in [0.25, 0.3) is 0 Å². The highest BCUT2D eigenvalue weighted by Crippen LogP contribution is 2.25. The summed E-state index contributed by atoms with van der Waals surface area (Å²) in [5.74, 6) is -1.45. The summed E-state index contributed by atoms with van der Waals surface area (Å²) in [5, 5.41) is 18.1. The second-order valence-electron chi connectivity index (χ2n) is 5.11. The summed E-state index contributed by atoms with van der Waals surface area (Å²) in [6.07, 6.45) is 0.701. The lowest BCUT2D eigenvalue weighted by atomic mass is 10.0. The van der Waals surface area contributed by atoms with E-state index in [0.29, 0.717) is 30.8 Å². The van der Waals surface area contributed by atoms with Crippen LogP contribution in [0.25, 0.3) is 0 Å². The molecule has 2 rings (SSSR count). The molecule has 0 unspecified atom stereocenters. The zero-order valence-electron chi connectivity index (χ0n) is 12.6. The van der Waals surface area contributed by atoms with Crippen LogP contribution in [-0.4, -0.2) is 22.2 Å². The SMILES string of the molecule is O=C(O)CCCc1c(OCc2ccccc2)cccc1C(=O)O. The Morgan fingerprint density at radius 1 is 0.957 bits per heavy atom. The molecule has 0 spiro atoms. The normalized spacial score (nSPS) is 10.3. The van der Waals surface area contributed by atoms with Gasteiger partial charge in [0.2, 0.25) is 0 Å². The Morgan fingerprint density at radius 2 is 1.70 bits per heavy atom. The van der Waals surface area contributed by atoms with Gasteiger partial charge in [-0.15, -0.1) is 0 Å². The Kier molecular flexibility index (Phi) is 5.74. The van der Waals surface area contributed by atoms with E-state index in [4.69, 9.17) is 9.84 Å². The van der Waals surface area contributed by atoms with E-state index in [1.54, 1.807) is 12.1 Å². The minimum absolute atomic E-state index is 0.00786. The lowest BCUT2D eigenvalue weighted by Gasteiger charge is -2.14. The molecule has 5 nitrogen and oxygen atoms in total. The first-order chi connectivity index (χ1) is 11.1. The summed E-state index contributed by atoms with van der Waals surface area (Å²) in [7, 11) is 0. The van der Waals surface area contributed by atoms with Gasteiger partial charge in [-0.2, -0.15) is 0 Å². The van der Waals surface area contributed by atoms with Gasteiger partial charge in [-0.3, -0.25) is 4.79 Å². The molecule has 0 atom stereocenters. The topological polar surface area (TPSA) is 83.8 Å². The van der Waals surface area contributed by atoms with Crippen molar-refractivity contribution in [1.29, 1.82) is 0 Å². The van der Waals surface area contributed by atoms with Crippen LogP contribution in [0.2, 0.25) is 0 Å². The first-order valence-corrected chi connectivity index (χ1v) is 7.31. The van der Waals surface area contributed by atoms with Crippen molar-refractivity contribution in [3.63, 3.8) is 0 Å². The molecule has 0 aliphatic carbocycles. The maximum atomic E-state index is 11.4. The standard InChI is InChI=1S/C18H18O5/c19-17(20)11-5-8-14-15(18(21)22)9-4-10-16(14)23-12-13-6-2-1-3-7-13/h1-4,6-7,9-10H,5,8,11-12H2,(H,19,20)(H,21,22). The highest BCUT2D eigenvalue weighted by molar-refractivity contribution is 5.90. The lowest BCUT2D eigenvalue weighted by Crippen LogP contribution is -2.07. The second-order valence-corrected chi connectivity index (χ2v) is 5.11. The summed E-state index contributed by atoms with van der Waals surface area (Å²) >= 11 is 0. The number of benzene rings is 2. The Morgan fingerprint density at radius 3 is 2.35 bits per heavy atom. The third-order valence-corrected chi connectivity index (χ3v) is 3.42. The lowest BCUT2D eigenvalue weighted by molar-refractivity contribution is -0.137. The van der Waals surface area contributed by atoms with E-state index in [0.717, 1.165) is 5.56 Å². The van der Waals surface area contributed by atoms with Gasteiger partial charge in [0.15, 0.2) is 0 Å². The quantitative estimate of drug-likeness (QED) is 0.780. The van der Waals surface area contributed by atoms with E-state index >= 15 is 0 Å². The fourth-order valence-electron chi connectivity index (χ4n) is 2.31. The van der Waals surface area contributed by atoms with Crippen molar-refractivity contribution in [3.05, 3.63) is 65.2 Å². The molecule has 2 N–H and O–H groups in total. The highest BCUT2D eigenvalue weighted by atomic mass is 16.5. The maximum Gasteiger partial charge on any atom is 0.336 e. The first kappa shape index (κ1) is 16.5. The van der Waals surface area contributed by atoms with E-state index in [9.17, 15) is 14.7 Å². The average molecular weight is 314 g/mol. The van der Waals surface area contributed by atoms with Gasteiger partial charge >= 0.3 is 11.9 Å². The van der Waals surface area contributed by atoms with Crippen LogP contribution < -0.4 is 4.74 Å². The molecule has 120 valence electrons. The molecule has 23 heavy (non-hydrogen) atoms. The van der Waals surface area contributed by atoms with Crippen LogP contribution in [0.4, 0.5) is 0 Å². The number of aliphatic carboxylic acids is 1. The molecular formula is C18H18O5. The number of hydrogen-bond donors (Lipinski definition) is 2. The molecule has 0 saturated carbocycles. The third-order valence-electron chi connectivity index (χ3n) is 3.42. The van der Waals surface area contributed by atoms with Crippen LogP contribution in [0.15, 0.2) is 48.5 Å². The highest BCUT2D eigenvalue weighted by Gasteiger charge is 2.15. The van der Waals surface area contributed by atoms with Gasteiger partial charge in [-0.1, -0.05) is 36.4 Å². The van der Waals surface area contributed by atoms with Gasteiger partial charge in [0, 0.05) is 12.0 Å². The summed E-state index contributed by atoms with van der Waals surface area (Å²) in [5.41, 5.74) is 1.67. The minimum atomic E-state index is -1.04. The molecule has 0 aromatic heterocycles. The van der Waals surface area contributed by atoms with Gasteiger partial charge in [0.05, 0.1) is 5.56 Å². The second kappa shape index (κ2) is 7.98. The van der Waals surface area contributed by atoms with Gasteiger partial charge in [-0.05, 0) is 30.5 Å². The summed E-state index contributed by atoms with van der Waals surface area (Å²) in [4.78, 5) is 22.0. The van der Waals surface area contributed by atoms with Gasteiger partial charge in [0.1, 0.15) is 12.4 Å². The molecule has 0 heterocycles. The minimum Gasteiger partial charge on any atom is -0.489 e. The Balaban J connectivity index is 2.17. The molecule has 2 aromatic rings. The number of carboxylic acid groups (broad SMARTS) is 2. The number of ether oxygens (including phenoxy) is 1. The zero-order valence-corrected chi connectivity index (χ0v) is 12.6. The third kappa shape index (κ3) is 4.85. The van der Waals surface area contributed by atoms with Crippen LogP contribution >= 0.6 is 0 Å². The van der Waals surface area contributed by atoms with Crippen LogP contribution in [0.3, 0.4) is 0 Å². The predicted molar refractivity (Wildman–Crippen MR) is 84.7 cm³/mol. The smallest absolute Gasteiger partial charge is 0.336 e.